The number of rotatable bonds is 4. The molecule has 96 valence electrons. The van der Waals surface area contributed by atoms with Crippen LogP contribution in [-0.2, 0) is 10.0 Å². The molecule has 7 heteroatoms. The number of nitriles is 1. The van der Waals surface area contributed by atoms with Gasteiger partial charge in [0.15, 0.2) is 11.5 Å². The van der Waals surface area contributed by atoms with Crippen LogP contribution in [0.3, 0.4) is 0 Å². The molecule has 0 N–H and O–H groups in total. The zero-order chi connectivity index (χ0) is 13.2. The van der Waals surface area contributed by atoms with E-state index in [1.165, 1.54) is 19.2 Å². The molecule has 0 saturated carbocycles. The van der Waals surface area contributed by atoms with Crippen molar-refractivity contribution in [3.63, 3.8) is 0 Å². The first-order valence-electron chi connectivity index (χ1n) is 5.28. The van der Waals surface area contributed by atoms with Gasteiger partial charge in [-0.3, -0.25) is 0 Å². The summed E-state index contributed by atoms with van der Waals surface area (Å²) in [5.74, 6) is 0.957. The molecule has 18 heavy (non-hydrogen) atoms. The molecule has 6 nitrogen and oxygen atoms in total. The van der Waals surface area contributed by atoms with Gasteiger partial charge in [-0.15, -0.1) is 0 Å². The van der Waals surface area contributed by atoms with Crippen LogP contribution in [0, 0.1) is 11.3 Å². The fourth-order valence-electron chi connectivity index (χ4n) is 1.54. The Balaban J connectivity index is 2.28. The van der Waals surface area contributed by atoms with E-state index in [9.17, 15) is 8.42 Å². The van der Waals surface area contributed by atoms with Crippen molar-refractivity contribution in [2.24, 2.45) is 0 Å². The summed E-state index contributed by atoms with van der Waals surface area (Å²) in [5.41, 5.74) is 0. The number of hydrogen-bond acceptors (Lipinski definition) is 5. The Morgan fingerprint density at radius 1 is 1.39 bits per heavy atom. The SMILES string of the molecule is CN(CCC#N)S(=O)(=O)c1ccc2c(c1)OCO2. The van der Waals surface area contributed by atoms with Crippen molar-refractivity contribution in [3.05, 3.63) is 18.2 Å². The molecule has 1 aromatic rings. The van der Waals surface area contributed by atoms with Gasteiger partial charge in [0.1, 0.15) is 0 Å². The highest BCUT2D eigenvalue weighted by Gasteiger charge is 2.23. The Kier molecular flexibility index (Phi) is 3.41. The van der Waals surface area contributed by atoms with Crippen LogP contribution in [0.15, 0.2) is 23.1 Å². The maximum atomic E-state index is 12.2. The maximum absolute atomic E-state index is 12.2. The van der Waals surface area contributed by atoms with Crippen molar-refractivity contribution < 1.29 is 17.9 Å². The average Bonchev–Trinajstić information content (AvgIpc) is 2.82. The summed E-state index contributed by atoms with van der Waals surface area (Å²) in [4.78, 5) is 0.132. The number of fused-ring (bicyclic) bond motifs is 1. The van der Waals surface area contributed by atoms with Crippen LogP contribution in [0.4, 0.5) is 0 Å². The third-order valence-corrected chi connectivity index (χ3v) is 4.44. The normalized spacial score (nSPS) is 13.6. The second-order valence-electron chi connectivity index (χ2n) is 3.75. The smallest absolute Gasteiger partial charge is 0.242 e. The van der Waals surface area contributed by atoms with E-state index in [-0.39, 0.29) is 24.7 Å². The summed E-state index contributed by atoms with van der Waals surface area (Å²) in [6, 6.07) is 6.37. The lowest BCUT2D eigenvalue weighted by Gasteiger charge is -2.15. The summed E-state index contributed by atoms with van der Waals surface area (Å²) >= 11 is 0. The lowest BCUT2D eigenvalue weighted by atomic mass is 10.3. The summed E-state index contributed by atoms with van der Waals surface area (Å²) < 4.78 is 35.7. The number of sulfonamides is 1. The number of hydrogen-bond donors (Lipinski definition) is 0. The fraction of sp³-hybridized carbons (Fsp3) is 0.364. The highest BCUT2D eigenvalue weighted by molar-refractivity contribution is 7.89. The Morgan fingerprint density at radius 3 is 2.83 bits per heavy atom. The monoisotopic (exact) mass is 268 g/mol. The molecule has 0 amide bonds. The predicted molar refractivity (Wildman–Crippen MR) is 62.6 cm³/mol. The van der Waals surface area contributed by atoms with E-state index in [1.54, 1.807) is 6.07 Å². The minimum absolute atomic E-state index is 0.100. The first-order valence-corrected chi connectivity index (χ1v) is 6.72. The minimum atomic E-state index is -3.59. The van der Waals surface area contributed by atoms with E-state index in [2.05, 4.69) is 0 Å². The van der Waals surface area contributed by atoms with Gasteiger partial charge >= 0.3 is 0 Å². The summed E-state index contributed by atoms with van der Waals surface area (Å²) in [6.07, 6.45) is 0.153. The van der Waals surface area contributed by atoms with E-state index >= 15 is 0 Å². The van der Waals surface area contributed by atoms with Gasteiger partial charge in [-0.25, -0.2) is 8.42 Å². The van der Waals surface area contributed by atoms with Crippen LogP contribution in [0.5, 0.6) is 11.5 Å². The van der Waals surface area contributed by atoms with Crippen molar-refractivity contribution in [2.45, 2.75) is 11.3 Å². The molecule has 0 spiro atoms. The van der Waals surface area contributed by atoms with Crippen LogP contribution in [0.1, 0.15) is 6.42 Å². The molecular weight excluding hydrogens is 256 g/mol. The van der Waals surface area contributed by atoms with E-state index in [1.807, 2.05) is 6.07 Å². The zero-order valence-electron chi connectivity index (χ0n) is 9.79. The molecule has 1 aliphatic heterocycles. The van der Waals surface area contributed by atoms with Crippen molar-refractivity contribution >= 4 is 10.0 Å². The molecule has 1 aliphatic rings. The second-order valence-corrected chi connectivity index (χ2v) is 5.79. The molecule has 0 aromatic heterocycles. The van der Waals surface area contributed by atoms with Gasteiger partial charge in [0.2, 0.25) is 16.8 Å². The summed E-state index contributed by atoms with van der Waals surface area (Å²) in [7, 11) is -2.14. The third kappa shape index (κ3) is 2.25. The third-order valence-electron chi connectivity index (χ3n) is 2.59. The Morgan fingerprint density at radius 2 is 2.11 bits per heavy atom. The molecule has 0 saturated heterocycles. The topological polar surface area (TPSA) is 79.6 Å². The molecular formula is C11H12N2O4S. The molecule has 0 fully saturated rings. The van der Waals surface area contributed by atoms with Gasteiger partial charge in [0.25, 0.3) is 0 Å². The lowest BCUT2D eigenvalue weighted by Crippen LogP contribution is -2.27. The second kappa shape index (κ2) is 4.84. The number of nitrogens with zero attached hydrogens (tertiary/aromatic N) is 2. The molecule has 1 heterocycles. The van der Waals surface area contributed by atoms with Gasteiger partial charge in [0.05, 0.1) is 11.0 Å². The molecule has 0 radical (unpaired) electrons. The molecule has 0 bridgehead atoms. The van der Waals surface area contributed by atoms with E-state index in [4.69, 9.17) is 14.7 Å². The highest BCUT2D eigenvalue weighted by atomic mass is 32.2. The van der Waals surface area contributed by atoms with Gasteiger partial charge in [-0.2, -0.15) is 9.57 Å². The summed E-state index contributed by atoms with van der Waals surface area (Å²) in [5, 5.41) is 8.47. The van der Waals surface area contributed by atoms with E-state index in [0.29, 0.717) is 11.5 Å². The summed E-state index contributed by atoms with van der Waals surface area (Å²) in [6.45, 7) is 0.260. The zero-order valence-corrected chi connectivity index (χ0v) is 10.6. The number of benzene rings is 1. The van der Waals surface area contributed by atoms with Crippen LogP contribution in [-0.4, -0.2) is 33.1 Å². The van der Waals surface area contributed by atoms with Gasteiger partial charge < -0.3 is 9.47 Å². The van der Waals surface area contributed by atoms with Gasteiger partial charge in [0, 0.05) is 26.1 Å². The Hall–Kier alpha value is -1.78. The Labute approximate surface area is 105 Å². The molecule has 2 rings (SSSR count). The Bertz CT molecular complexity index is 592. The fourth-order valence-corrected chi connectivity index (χ4v) is 2.73. The van der Waals surface area contributed by atoms with Crippen molar-refractivity contribution in [1.29, 1.82) is 5.26 Å². The minimum Gasteiger partial charge on any atom is -0.454 e. The van der Waals surface area contributed by atoms with Crippen LogP contribution in [0.2, 0.25) is 0 Å². The molecule has 1 aromatic carbocycles. The first kappa shape index (κ1) is 12.7. The lowest BCUT2D eigenvalue weighted by molar-refractivity contribution is 0.174. The number of ether oxygens (including phenoxy) is 2. The predicted octanol–water partition coefficient (Wildman–Crippen LogP) is 0.949. The first-order chi connectivity index (χ1) is 8.55. The van der Waals surface area contributed by atoms with Crippen LogP contribution in [0.25, 0.3) is 0 Å². The molecule has 0 atom stereocenters. The molecule has 0 aliphatic carbocycles. The van der Waals surface area contributed by atoms with Gasteiger partial charge in [-0.1, -0.05) is 0 Å². The maximum Gasteiger partial charge on any atom is 0.242 e. The standard InChI is InChI=1S/C11H12N2O4S/c1-13(6-2-5-12)18(14,15)9-3-4-10-11(7-9)17-8-16-10/h3-4,7H,2,6,8H2,1H3. The van der Waals surface area contributed by atoms with Crippen molar-refractivity contribution in [3.8, 4) is 17.6 Å². The molecule has 0 unspecified atom stereocenters. The largest absolute Gasteiger partial charge is 0.454 e. The van der Waals surface area contributed by atoms with Gasteiger partial charge in [-0.05, 0) is 12.1 Å². The van der Waals surface area contributed by atoms with Crippen LogP contribution >= 0.6 is 0 Å². The van der Waals surface area contributed by atoms with Crippen molar-refractivity contribution in [2.75, 3.05) is 20.4 Å². The van der Waals surface area contributed by atoms with Crippen LogP contribution < -0.4 is 9.47 Å². The average molecular weight is 268 g/mol. The highest BCUT2D eigenvalue weighted by Crippen LogP contribution is 2.34. The van der Waals surface area contributed by atoms with Crippen molar-refractivity contribution in [1.82, 2.24) is 4.31 Å². The van der Waals surface area contributed by atoms with E-state index in [0.717, 1.165) is 4.31 Å². The quantitative estimate of drug-likeness (QED) is 0.812. The van der Waals surface area contributed by atoms with E-state index < -0.39 is 10.0 Å².